The number of rotatable bonds is 5. The molecule has 1 fully saturated rings. The average molecular weight is 395 g/mol. The lowest BCUT2D eigenvalue weighted by molar-refractivity contribution is 0.122. The molecule has 0 aliphatic carbocycles. The van der Waals surface area contributed by atoms with Gasteiger partial charge in [0.15, 0.2) is 11.5 Å². The van der Waals surface area contributed by atoms with Crippen LogP contribution >= 0.6 is 0 Å². The van der Waals surface area contributed by atoms with Gasteiger partial charge in [0.1, 0.15) is 5.82 Å². The maximum Gasteiger partial charge on any atom is 0.258 e. The van der Waals surface area contributed by atoms with Crippen LogP contribution in [0.1, 0.15) is 6.92 Å². The van der Waals surface area contributed by atoms with Crippen LogP contribution in [0.25, 0.3) is 21.9 Å². The summed E-state index contributed by atoms with van der Waals surface area (Å²) in [6, 6.07) is 7.69. The van der Waals surface area contributed by atoms with E-state index in [1.807, 2.05) is 37.5 Å². The third-order valence-corrected chi connectivity index (χ3v) is 5.32. The number of fused-ring (bicyclic) bond motifs is 1. The average Bonchev–Trinajstić information content (AvgIpc) is 2.79. The SMILES string of the molecule is CCn1cc(-c2ccc(N3CCOCC3)nc2)c2cc(OC)c(OC)cc2c1=O. The Kier molecular flexibility index (Phi) is 5.40. The number of hydrogen-bond donors (Lipinski definition) is 0. The van der Waals surface area contributed by atoms with Crippen molar-refractivity contribution in [2.75, 3.05) is 45.4 Å². The summed E-state index contributed by atoms with van der Waals surface area (Å²) in [7, 11) is 3.16. The van der Waals surface area contributed by atoms with Crippen molar-refractivity contribution in [1.82, 2.24) is 9.55 Å². The number of ether oxygens (including phenoxy) is 3. The maximum absolute atomic E-state index is 12.9. The van der Waals surface area contributed by atoms with Crippen molar-refractivity contribution in [3.8, 4) is 22.6 Å². The molecule has 7 heteroatoms. The van der Waals surface area contributed by atoms with Crippen molar-refractivity contribution in [3.05, 3.63) is 47.0 Å². The van der Waals surface area contributed by atoms with Crippen molar-refractivity contribution in [1.29, 1.82) is 0 Å². The number of morpholine rings is 1. The Bertz CT molecular complexity index is 1070. The first-order chi connectivity index (χ1) is 14.2. The summed E-state index contributed by atoms with van der Waals surface area (Å²) in [6.45, 7) is 5.65. The van der Waals surface area contributed by atoms with Crippen LogP contribution in [0.2, 0.25) is 0 Å². The molecule has 152 valence electrons. The van der Waals surface area contributed by atoms with Crippen LogP contribution < -0.4 is 19.9 Å². The van der Waals surface area contributed by atoms with Crippen LogP contribution in [0, 0.1) is 0 Å². The molecule has 4 rings (SSSR count). The summed E-state index contributed by atoms with van der Waals surface area (Å²) in [5.74, 6) is 2.06. The molecule has 1 aromatic carbocycles. The largest absolute Gasteiger partial charge is 0.493 e. The van der Waals surface area contributed by atoms with E-state index in [1.165, 1.54) is 0 Å². The Balaban J connectivity index is 1.85. The molecule has 1 saturated heterocycles. The van der Waals surface area contributed by atoms with Gasteiger partial charge in [0, 0.05) is 48.5 Å². The van der Waals surface area contributed by atoms with Gasteiger partial charge in [-0.05, 0) is 31.2 Å². The molecular weight excluding hydrogens is 370 g/mol. The van der Waals surface area contributed by atoms with Gasteiger partial charge in [-0.2, -0.15) is 0 Å². The normalized spacial score (nSPS) is 14.2. The molecule has 3 aromatic rings. The van der Waals surface area contributed by atoms with Crippen LogP contribution in [0.4, 0.5) is 5.82 Å². The number of nitrogens with zero attached hydrogens (tertiary/aromatic N) is 3. The lowest BCUT2D eigenvalue weighted by Crippen LogP contribution is -2.36. The Morgan fingerprint density at radius 2 is 1.76 bits per heavy atom. The highest BCUT2D eigenvalue weighted by Crippen LogP contribution is 2.35. The van der Waals surface area contributed by atoms with Crippen molar-refractivity contribution < 1.29 is 14.2 Å². The molecule has 0 radical (unpaired) electrons. The monoisotopic (exact) mass is 395 g/mol. The van der Waals surface area contributed by atoms with Gasteiger partial charge in [0.05, 0.1) is 32.8 Å². The number of pyridine rings is 2. The second kappa shape index (κ2) is 8.13. The highest BCUT2D eigenvalue weighted by Gasteiger charge is 2.16. The van der Waals surface area contributed by atoms with Gasteiger partial charge in [-0.25, -0.2) is 4.98 Å². The molecule has 3 heterocycles. The molecule has 0 N–H and O–H groups in total. The Morgan fingerprint density at radius 1 is 1.07 bits per heavy atom. The van der Waals surface area contributed by atoms with Gasteiger partial charge >= 0.3 is 0 Å². The zero-order valence-electron chi connectivity index (χ0n) is 17.0. The minimum atomic E-state index is -0.0508. The number of anilines is 1. The third-order valence-electron chi connectivity index (χ3n) is 5.32. The standard InChI is InChI=1S/C22H25N3O4/c1-4-24-14-18(15-5-6-21(23-13-15)25-7-9-29-10-8-25)16-11-19(27-2)20(28-3)12-17(16)22(24)26/h5-6,11-14H,4,7-10H2,1-3H3. The van der Waals surface area contributed by atoms with E-state index in [2.05, 4.69) is 9.88 Å². The van der Waals surface area contributed by atoms with E-state index < -0.39 is 0 Å². The first kappa shape index (κ1) is 19.3. The van der Waals surface area contributed by atoms with Crippen LogP contribution in [-0.4, -0.2) is 50.1 Å². The summed E-state index contributed by atoms with van der Waals surface area (Å²) in [4.78, 5) is 19.8. The van der Waals surface area contributed by atoms with E-state index in [1.54, 1.807) is 24.9 Å². The van der Waals surface area contributed by atoms with Crippen molar-refractivity contribution in [2.45, 2.75) is 13.5 Å². The molecule has 0 spiro atoms. The number of methoxy groups -OCH3 is 2. The lowest BCUT2D eigenvalue weighted by atomic mass is 10.0. The van der Waals surface area contributed by atoms with Crippen molar-refractivity contribution in [3.63, 3.8) is 0 Å². The number of aromatic nitrogens is 2. The summed E-state index contributed by atoms with van der Waals surface area (Å²) in [6.07, 6.45) is 3.75. The molecule has 0 saturated carbocycles. The fourth-order valence-electron chi connectivity index (χ4n) is 3.71. The highest BCUT2D eigenvalue weighted by molar-refractivity contribution is 5.97. The lowest BCUT2D eigenvalue weighted by Gasteiger charge is -2.27. The second-order valence-corrected chi connectivity index (χ2v) is 6.89. The summed E-state index contributed by atoms with van der Waals surface area (Å²) in [5, 5.41) is 1.41. The maximum atomic E-state index is 12.9. The molecule has 29 heavy (non-hydrogen) atoms. The Labute approximate surface area is 169 Å². The van der Waals surface area contributed by atoms with E-state index in [-0.39, 0.29) is 5.56 Å². The van der Waals surface area contributed by atoms with Gasteiger partial charge < -0.3 is 23.7 Å². The first-order valence-corrected chi connectivity index (χ1v) is 9.74. The predicted molar refractivity (Wildman–Crippen MR) is 113 cm³/mol. The molecular formula is C22H25N3O4. The molecule has 1 aliphatic rings. The Morgan fingerprint density at radius 3 is 2.34 bits per heavy atom. The van der Waals surface area contributed by atoms with Gasteiger partial charge in [-0.1, -0.05) is 0 Å². The van der Waals surface area contributed by atoms with Gasteiger partial charge in [0.25, 0.3) is 5.56 Å². The number of hydrogen-bond acceptors (Lipinski definition) is 6. The summed E-state index contributed by atoms with van der Waals surface area (Å²) < 4.78 is 18.0. The molecule has 0 atom stereocenters. The second-order valence-electron chi connectivity index (χ2n) is 6.89. The van der Waals surface area contributed by atoms with Gasteiger partial charge in [-0.15, -0.1) is 0 Å². The molecule has 1 aliphatic heterocycles. The van der Waals surface area contributed by atoms with Crippen LogP contribution in [0.3, 0.4) is 0 Å². The topological polar surface area (TPSA) is 65.8 Å². The van der Waals surface area contributed by atoms with E-state index in [0.29, 0.717) is 23.4 Å². The first-order valence-electron chi connectivity index (χ1n) is 9.74. The van der Waals surface area contributed by atoms with E-state index in [0.717, 1.165) is 48.6 Å². The number of benzene rings is 1. The zero-order chi connectivity index (χ0) is 20.4. The minimum Gasteiger partial charge on any atom is -0.493 e. The zero-order valence-corrected chi connectivity index (χ0v) is 17.0. The van der Waals surface area contributed by atoms with Gasteiger partial charge in [-0.3, -0.25) is 4.79 Å². The quantitative estimate of drug-likeness (QED) is 0.662. The highest BCUT2D eigenvalue weighted by atomic mass is 16.5. The fourth-order valence-corrected chi connectivity index (χ4v) is 3.71. The van der Waals surface area contributed by atoms with Crippen molar-refractivity contribution in [2.24, 2.45) is 0 Å². The summed E-state index contributed by atoms with van der Waals surface area (Å²) in [5.41, 5.74) is 1.83. The van der Waals surface area contributed by atoms with E-state index in [4.69, 9.17) is 14.2 Å². The summed E-state index contributed by atoms with van der Waals surface area (Å²) >= 11 is 0. The third kappa shape index (κ3) is 3.53. The predicted octanol–water partition coefficient (Wildman–Crippen LogP) is 2.94. The van der Waals surface area contributed by atoms with Crippen LogP contribution in [-0.2, 0) is 11.3 Å². The van der Waals surface area contributed by atoms with Crippen molar-refractivity contribution >= 4 is 16.6 Å². The number of aryl methyl sites for hydroxylation is 1. The molecule has 7 nitrogen and oxygen atoms in total. The molecule has 0 bridgehead atoms. The van der Waals surface area contributed by atoms with E-state index >= 15 is 0 Å². The molecule has 2 aromatic heterocycles. The molecule has 0 amide bonds. The fraction of sp³-hybridized carbons (Fsp3) is 0.364. The minimum absolute atomic E-state index is 0.0508. The van der Waals surface area contributed by atoms with Crippen LogP contribution in [0.15, 0.2) is 41.5 Å². The van der Waals surface area contributed by atoms with E-state index in [9.17, 15) is 4.79 Å². The molecule has 0 unspecified atom stereocenters. The smallest absolute Gasteiger partial charge is 0.258 e. The van der Waals surface area contributed by atoms with Gasteiger partial charge in [0.2, 0.25) is 0 Å². The Hall–Kier alpha value is -3.06. The van der Waals surface area contributed by atoms with Crippen LogP contribution in [0.5, 0.6) is 11.5 Å².